The molecule has 1 aliphatic rings. The Balaban J connectivity index is 1.90. The quantitative estimate of drug-likeness (QED) is 0.870. The summed E-state index contributed by atoms with van der Waals surface area (Å²) in [4.78, 5) is 19.0. The topological polar surface area (TPSA) is 51.7 Å². The molecule has 0 aliphatic carbocycles. The fraction of sp³-hybridized carbons (Fsp3) is 0.333. The van der Waals surface area contributed by atoms with E-state index in [-0.39, 0.29) is 11.9 Å². The molecule has 1 saturated heterocycles. The van der Waals surface area contributed by atoms with Crippen LogP contribution >= 0.6 is 0 Å². The minimum Gasteiger partial charge on any atom is -0.497 e. The first-order valence-corrected chi connectivity index (χ1v) is 7.68. The SMILES string of the molecule is COc1cccc(C2CCCN2C(=O)c2cccnc2OC)c1. The highest BCUT2D eigenvalue weighted by molar-refractivity contribution is 5.96. The summed E-state index contributed by atoms with van der Waals surface area (Å²) in [5.41, 5.74) is 1.60. The van der Waals surface area contributed by atoms with E-state index in [2.05, 4.69) is 4.98 Å². The largest absolute Gasteiger partial charge is 0.497 e. The van der Waals surface area contributed by atoms with Crippen molar-refractivity contribution in [3.63, 3.8) is 0 Å². The average molecular weight is 312 g/mol. The zero-order valence-corrected chi connectivity index (χ0v) is 13.4. The first-order valence-electron chi connectivity index (χ1n) is 7.68. The van der Waals surface area contributed by atoms with Gasteiger partial charge in [0, 0.05) is 12.7 Å². The second kappa shape index (κ2) is 6.69. The fourth-order valence-corrected chi connectivity index (χ4v) is 3.08. The van der Waals surface area contributed by atoms with E-state index in [0.29, 0.717) is 11.4 Å². The maximum atomic E-state index is 12.9. The van der Waals surface area contributed by atoms with E-state index in [9.17, 15) is 4.79 Å². The normalized spacial score (nSPS) is 17.1. The third-order valence-electron chi connectivity index (χ3n) is 4.19. The first-order chi connectivity index (χ1) is 11.2. The Bertz CT molecular complexity index is 702. The molecule has 0 spiro atoms. The molecule has 0 radical (unpaired) electrons. The summed E-state index contributed by atoms with van der Waals surface area (Å²) in [7, 11) is 3.18. The number of likely N-dealkylation sites (tertiary alicyclic amines) is 1. The number of rotatable bonds is 4. The molecule has 5 nitrogen and oxygen atoms in total. The number of nitrogens with zero attached hydrogens (tertiary/aromatic N) is 2. The van der Waals surface area contributed by atoms with Crippen LogP contribution in [0.1, 0.15) is 34.8 Å². The van der Waals surface area contributed by atoms with Crippen molar-refractivity contribution < 1.29 is 14.3 Å². The maximum absolute atomic E-state index is 12.9. The minimum atomic E-state index is -0.0414. The molecule has 0 N–H and O–H groups in total. The van der Waals surface area contributed by atoms with Crippen LogP contribution in [-0.4, -0.2) is 36.6 Å². The van der Waals surface area contributed by atoms with Gasteiger partial charge in [0.05, 0.1) is 20.3 Å². The number of amides is 1. The second-order valence-electron chi connectivity index (χ2n) is 5.49. The van der Waals surface area contributed by atoms with Crippen molar-refractivity contribution in [3.05, 3.63) is 53.7 Å². The number of hydrogen-bond acceptors (Lipinski definition) is 4. The molecule has 120 valence electrons. The molecule has 1 atom stereocenters. The molecule has 1 aromatic heterocycles. The molecule has 2 aromatic rings. The van der Waals surface area contributed by atoms with Crippen LogP contribution in [0.4, 0.5) is 0 Å². The van der Waals surface area contributed by atoms with Gasteiger partial charge in [-0.1, -0.05) is 12.1 Å². The smallest absolute Gasteiger partial charge is 0.259 e. The van der Waals surface area contributed by atoms with Gasteiger partial charge in [-0.2, -0.15) is 0 Å². The van der Waals surface area contributed by atoms with Crippen LogP contribution in [0.3, 0.4) is 0 Å². The van der Waals surface area contributed by atoms with Gasteiger partial charge in [0.15, 0.2) is 0 Å². The highest BCUT2D eigenvalue weighted by atomic mass is 16.5. The highest BCUT2D eigenvalue weighted by Gasteiger charge is 2.32. The third kappa shape index (κ3) is 2.99. The van der Waals surface area contributed by atoms with Gasteiger partial charge in [0.25, 0.3) is 5.91 Å². The molecule has 3 rings (SSSR count). The number of carbonyl (C=O) groups excluding carboxylic acids is 1. The molecular weight excluding hydrogens is 292 g/mol. The monoisotopic (exact) mass is 312 g/mol. The van der Waals surface area contributed by atoms with Crippen molar-refractivity contribution in [2.75, 3.05) is 20.8 Å². The second-order valence-corrected chi connectivity index (χ2v) is 5.49. The van der Waals surface area contributed by atoms with Crippen molar-refractivity contribution in [2.45, 2.75) is 18.9 Å². The first kappa shape index (κ1) is 15.3. The lowest BCUT2D eigenvalue weighted by molar-refractivity contribution is 0.0731. The van der Waals surface area contributed by atoms with Crippen LogP contribution in [0.2, 0.25) is 0 Å². The minimum absolute atomic E-state index is 0.0414. The number of carbonyl (C=O) groups is 1. The summed E-state index contributed by atoms with van der Waals surface area (Å²) < 4.78 is 10.5. The molecule has 5 heteroatoms. The standard InChI is InChI=1S/C18H20N2O3/c1-22-14-7-3-6-13(12-14)16-9-5-11-20(16)18(21)15-8-4-10-19-17(15)23-2/h3-4,6-8,10,12,16H,5,9,11H2,1-2H3. The molecule has 2 heterocycles. The van der Waals surface area contributed by atoms with Crippen LogP contribution in [0.5, 0.6) is 11.6 Å². The molecule has 0 saturated carbocycles. The van der Waals surface area contributed by atoms with Gasteiger partial charge >= 0.3 is 0 Å². The Morgan fingerprint density at radius 1 is 1.22 bits per heavy atom. The Morgan fingerprint density at radius 3 is 2.87 bits per heavy atom. The average Bonchev–Trinajstić information content (AvgIpc) is 3.10. The summed E-state index contributed by atoms with van der Waals surface area (Å²) in [6.45, 7) is 0.735. The van der Waals surface area contributed by atoms with E-state index >= 15 is 0 Å². The lowest BCUT2D eigenvalue weighted by Crippen LogP contribution is -2.31. The van der Waals surface area contributed by atoms with Crippen LogP contribution in [0.15, 0.2) is 42.6 Å². The van der Waals surface area contributed by atoms with Crippen molar-refractivity contribution >= 4 is 5.91 Å². The Hall–Kier alpha value is -2.56. The number of methoxy groups -OCH3 is 2. The molecule has 1 aromatic carbocycles. The predicted octanol–water partition coefficient (Wildman–Crippen LogP) is 3.08. The molecule has 0 bridgehead atoms. The lowest BCUT2D eigenvalue weighted by Gasteiger charge is -2.25. The predicted molar refractivity (Wildman–Crippen MR) is 86.8 cm³/mol. The van der Waals surface area contributed by atoms with Gasteiger partial charge in [0.1, 0.15) is 11.3 Å². The Kier molecular flexibility index (Phi) is 4.46. The van der Waals surface area contributed by atoms with E-state index in [1.165, 1.54) is 7.11 Å². The highest BCUT2D eigenvalue weighted by Crippen LogP contribution is 2.35. The van der Waals surface area contributed by atoms with E-state index in [1.54, 1.807) is 25.4 Å². The van der Waals surface area contributed by atoms with Gasteiger partial charge < -0.3 is 14.4 Å². The van der Waals surface area contributed by atoms with Gasteiger partial charge in [-0.25, -0.2) is 4.98 Å². The van der Waals surface area contributed by atoms with Crippen LogP contribution < -0.4 is 9.47 Å². The van der Waals surface area contributed by atoms with E-state index in [1.807, 2.05) is 29.2 Å². The summed E-state index contributed by atoms with van der Waals surface area (Å²) >= 11 is 0. The molecular formula is C18H20N2O3. The van der Waals surface area contributed by atoms with Gasteiger partial charge in [-0.05, 0) is 42.7 Å². The van der Waals surface area contributed by atoms with E-state index in [0.717, 1.165) is 30.7 Å². The third-order valence-corrected chi connectivity index (χ3v) is 4.19. The van der Waals surface area contributed by atoms with Crippen LogP contribution in [-0.2, 0) is 0 Å². The molecule has 23 heavy (non-hydrogen) atoms. The van der Waals surface area contributed by atoms with Crippen molar-refractivity contribution in [1.29, 1.82) is 0 Å². The van der Waals surface area contributed by atoms with Gasteiger partial charge in [0.2, 0.25) is 5.88 Å². The summed E-state index contributed by atoms with van der Waals surface area (Å²) in [5, 5.41) is 0. The fourth-order valence-electron chi connectivity index (χ4n) is 3.08. The van der Waals surface area contributed by atoms with E-state index in [4.69, 9.17) is 9.47 Å². The van der Waals surface area contributed by atoms with Crippen molar-refractivity contribution in [3.8, 4) is 11.6 Å². The summed E-state index contributed by atoms with van der Waals surface area (Å²) in [5.74, 6) is 1.13. The summed E-state index contributed by atoms with van der Waals surface area (Å²) in [6.07, 6.45) is 3.55. The molecule has 1 aliphatic heterocycles. The van der Waals surface area contributed by atoms with Gasteiger partial charge in [-0.15, -0.1) is 0 Å². The Labute approximate surface area is 135 Å². The summed E-state index contributed by atoms with van der Waals surface area (Å²) in [6, 6.07) is 11.5. The zero-order chi connectivity index (χ0) is 16.2. The molecule has 1 fully saturated rings. The number of pyridine rings is 1. The van der Waals surface area contributed by atoms with Gasteiger partial charge in [-0.3, -0.25) is 4.79 Å². The molecule has 1 amide bonds. The lowest BCUT2D eigenvalue weighted by atomic mass is 10.0. The van der Waals surface area contributed by atoms with Crippen molar-refractivity contribution in [2.24, 2.45) is 0 Å². The van der Waals surface area contributed by atoms with Crippen LogP contribution in [0.25, 0.3) is 0 Å². The molecule has 1 unspecified atom stereocenters. The Morgan fingerprint density at radius 2 is 2.09 bits per heavy atom. The number of benzene rings is 1. The van der Waals surface area contributed by atoms with Crippen LogP contribution in [0, 0.1) is 0 Å². The van der Waals surface area contributed by atoms with E-state index < -0.39 is 0 Å². The number of ether oxygens (including phenoxy) is 2. The number of aromatic nitrogens is 1. The maximum Gasteiger partial charge on any atom is 0.259 e. The number of hydrogen-bond donors (Lipinski definition) is 0. The van der Waals surface area contributed by atoms with Crippen molar-refractivity contribution in [1.82, 2.24) is 9.88 Å². The zero-order valence-electron chi connectivity index (χ0n) is 13.4.